The van der Waals surface area contributed by atoms with Gasteiger partial charge in [-0.15, -0.1) is 0 Å². The highest BCUT2D eigenvalue weighted by molar-refractivity contribution is 7.88. The van der Waals surface area contributed by atoms with Crippen LogP contribution in [-0.2, 0) is 15.4 Å². The average Bonchev–Trinajstić information content (AvgIpc) is 2.37. The van der Waals surface area contributed by atoms with E-state index < -0.39 is 10.0 Å². The zero-order valence-electron chi connectivity index (χ0n) is 13.1. The van der Waals surface area contributed by atoms with Gasteiger partial charge >= 0.3 is 0 Å². The van der Waals surface area contributed by atoms with Crippen LogP contribution in [0.2, 0.25) is 0 Å². The lowest BCUT2D eigenvalue weighted by Gasteiger charge is -2.32. The van der Waals surface area contributed by atoms with Crippen molar-refractivity contribution in [1.29, 1.82) is 0 Å². The monoisotopic (exact) mass is 312 g/mol. The summed E-state index contributed by atoms with van der Waals surface area (Å²) in [6.45, 7) is 7.93. The molecule has 7 heteroatoms. The highest BCUT2D eigenvalue weighted by Gasteiger charge is 2.23. The molecule has 0 unspecified atom stereocenters. The molecule has 0 bridgehead atoms. The third kappa shape index (κ3) is 4.64. The quantitative estimate of drug-likeness (QED) is 0.910. The van der Waals surface area contributed by atoms with Gasteiger partial charge in [-0.1, -0.05) is 20.8 Å². The fraction of sp³-hybridized carbons (Fsp3) is 0.714. The highest BCUT2D eigenvalue weighted by Crippen LogP contribution is 2.22. The maximum Gasteiger partial charge on any atom is 0.225 e. The number of hydrogen-bond donors (Lipinski definition) is 1. The summed E-state index contributed by atoms with van der Waals surface area (Å²) >= 11 is 0. The van der Waals surface area contributed by atoms with Crippen molar-refractivity contribution in [2.75, 3.05) is 24.2 Å². The molecule has 0 atom stereocenters. The van der Waals surface area contributed by atoms with Gasteiger partial charge in [0.1, 0.15) is 0 Å². The minimum Gasteiger partial charge on any atom is -0.341 e. The predicted molar refractivity (Wildman–Crippen MR) is 83.9 cm³/mol. The number of aromatic nitrogens is 2. The minimum absolute atomic E-state index is 0.0186. The van der Waals surface area contributed by atoms with Crippen molar-refractivity contribution in [2.45, 2.75) is 45.1 Å². The van der Waals surface area contributed by atoms with Crippen LogP contribution in [0.15, 0.2) is 12.4 Å². The molecule has 1 N–H and O–H groups in total. The number of hydrogen-bond acceptors (Lipinski definition) is 5. The molecule has 2 heterocycles. The summed E-state index contributed by atoms with van der Waals surface area (Å²) in [5.41, 5.74) is 1.16. The van der Waals surface area contributed by atoms with Gasteiger partial charge in [0.25, 0.3) is 0 Å². The van der Waals surface area contributed by atoms with E-state index in [0.29, 0.717) is 0 Å². The molecule has 0 radical (unpaired) electrons. The minimum atomic E-state index is -3.13. The molecule has 1 saturated heterocycles. The van der Waals surface area contributed by atoms with E-state index in [9.17, 15) is 8.42 Å². The van der Waals surface area contributed by atoms with Crippen LogP contribution in [0.3, 0.4) is 0 Å². The van der Waals surface area contributed by atoms with E-state index in [-0.39, 0.29) is 11.5 Å². The van der Waals surface area contributed by atoms with E-state index in [0.717, 1.165) is 37.4 Å². The molecule has 0 aromatic carbocycles. The van der Waals surface area contributed by atoms with Gasteiger partial charge in [0.05, 0.1) is 6.26 Å². The summed E-state index contributed by atoms with van der Waals surface area (Å²) in [5.74, 6) is 0.723. The summed E-state index contributed by atoms with van der Waals surface area (Å²) in [4.78, 5) is 11.0. The van der Waals surface area contributed by atoms with Crippen LogP contribution in [0, 0.1) is 0 Å². The molecule has 1 aromatic rings. The number of nitrogens with zero attached hydrogens (tertiary/aromatic N) is 3. The summed E-state index contributed by atoms with van der Waals surface area (Å²) in [7, 11) is -3.13. The van der Waals surface area contributed by atoms with E-state index in [1.807, 2.05) is 12.4 Å². The van der Waals surface area contributed by atoms with Crippen molar-refractivity contribution in [3.8, 4) is 0 Å². The molecule has 1 aromatic heterocycles. The third-order valence-corrected chi connectivity index (χ3v) is 4.42. The van der Waals surface area contributed by atoms with Crippen LogP contribution in [0.25, 0.3) is 0 Å². The Morgan fingerprint density at radius 3 is 2.14 bits per heavy atom. The molecule has 0 spiro atoms. The average molecular weight is 312 g/mol. The van der Waals surface area contributed by atoms with Crippen LogP contribution in [0.4, 0.5) is 5.95 Å². The fourth-order valence-corrected chi connectivity index (χ4v) is 3.21. The molecule has 1 aliphatic heterocycles. The number of piperidine rings is 1. The second-order valence-corrected chi connectivity index (χ2v) is 8.45. The van der Waals surface area contributed by atoms with Crippen molar-refractivity contribution in [2.24, 2.45) is 0 Å². The van der Waals surface area contributed by atoms with Crippen molar-refractivity contribution in [3.63, 3.8) is 0 Å². The van der Waals surface area contributed by atoms with E-state index in [2.05, 4.69) is 40.4 Å². The molecule has 118 valence electrons. The van der Waals surface area contributed by atoms with Crippen molar-refractivity contribution >= 4 is 16.0 Å². The Kier molecular flexibility index (Phi) is 4.53. The number of anilines is 1. The maximum absolute atomic E-state index is 11.2. The molecule has 2 rings (SSSR count). The van der Waals surface area contributed by atoms with E-state index in [1.54, 1.807) is 0 Å². The van der Waals surface area contributed by atoms with Crippen molar-refractivity contribution in [1.82, 2.24) is 14.7 Å². The SMILES string of the molecule is CC(C)(C)c1cnc(N2CCC(NS(C)(=O)=O)CC2)nc1. The van der Waals surface area contributed by atoms with Crippen LogP contribution < -0.4 is 9.62 Å². The summed E-state index contributed by atoms with van der Waals surface area (Å²) < 4.78 is 25.1. The van der Waals surface area contributed by atoms with Gasteiger partial charge in [-0.2, -0.15) is 0 Å². The van der Waals surface area contributed by atoms with Gasteiger partial charge in [0, 0.05) is 31.5 Å². The summed E-state index contributed by atoms with van der Waals surface area (Å²) in [5, 5.41) is 0. The Morgan fingerprint density at radius 2 is 1.71 bits per heavy atom. The molecule has 0 amide bonds. The van der Waals surface area contributed by atoms with Gasteiger partial charge in [-0.3, -0.25) is 0 Å². The first-order valence-electron chi connectivity index (χ1n) is 7.20. The van der Waals surface area contributed by atoms with Crippen molar-refractivity contribution in [3.05, 3.63) is 18.0 Å². The standard InChI is InChI=1S/C14H24N4O2S/c1-14(2,3)11-9-15-13(16-10-11)18-7-5-12(6-8-18)17-21(4,19)20/h9-10,12,17H,5-8H2,1-4H3. The second-order valence-electron chi connectivity index (χ2n) is 6.67. The van der Waals surface area contributed by atoms with Crippen LogP contribution >= 0.6 is 0 Å². The van der Waals surface area contributed by atoms with E-state index in [4.69, 9.17) is 0 Å². The first-order chi connectivity index (χ1) is 9.65. The normalized spacial score (nSPS) is 18.0. The molecule has 21 heavy (non-hydrogen) atoms. The Morgan fingerprint density at radius 1 is 1.19 bits per heavy atom. The fourth-order valence-electron chi connectivity index (χ4n) is 2.37. The lowest BCUT2D eigenvalue weighted by atomic mass is 9.89. The van der Waals surface area contributed by atoms with Gasteiger partial charge < -0.3 is 4.90 Å². The summed E-state index contributed by atoms with van der Waals surface area (Å²) in [6, 6.07) is 0.0186. The smallest absolute Gasteiger partial charge is 0.225 e. The zero-order valence-corrected chi connectivity index (χ0v) is 13.9. The molecular formula is C14H24N4O2S. The Labute approximate surface area is 127 Å². The lowest BCUT2D eigenvalue weighted by Crippen LogP contribution is -2.44. The highest BCUT2D eigenvalue weighted by atomic mass is 32.2. The molecule has 1 fully saturated rings. The molecule has 1 aliphatic rings. The van der Waals surface area contributed by atoms with Gasteiger partial charge in [0.2, 0.25) is 16.0 Å². The number of rotatable bonds is 3. The number of nitrogens with one attached hydrogen (secondary N) is 1. The van der Waals surface area contributed by atoms with Crippen LogP contribution in [-0.4, -0.2) is 43.8 Å². The zero-order chi connectivity index (χ0) is 15.7. The predicted octanol–water partition coefficient (Wildman–Crippen LogP) is 1.29. The molecule has 0 aliphatic carbocycles. The van der Waals surface area contributed by atoms with Gasteiger partial charge in [-0.05, 0) is 23.8 Å². The van der Waals surface area contributed by atoms with Crippen LogP contribution in [0.5, 0.6) is 0 Å². The third-order valence-electron chi connectivity index (χ3n) is 3.66. The van der Waals surface area contributed by atoms with Gasteiger partial charge in [-0.25, -0.2) is 23.1 Å². The number of sulfonamides is 1. The molecule has 6 nitrogen and oxygen atoms in total. The Balaban J connectivity index is 1.96. The molecular weight excluding hydrogens is 288 g/mol. The lowest BCUT2D eigenvalue weighted by molar-refractivity contribution is 0.457. The van der Waals surface area contributed by atoms with E-state index in [1.165, 1.54) is 6.26 Å². The van der Waals surface area contributed by atoms with Crippen LogP contribution in [0.1, 0.15) is 39.2 Å². The Bertz CT molecular complexity index is 570. The largest absolute Gasteiger partial charge is 0.341 e. The first kappa shape index (κ1) is 16.2. The Hall–Kier alpha value is -1.21. The first-order valence-corrected chi connectivity index (χ1v) is 9.09. The topological polar surface area (TPSA) is 75.2 Å². The van der Waals surface area contributed by atoms with E-state index >= 15 is 0 Å². The maximum atomic E-state index is 11.2. The molecule has 0 saturated carbocycles. The van der Waals surface area contributed by atoms with Crippen molar-refractivity contribution < 1.29 is 8.42 Å². The van der Waals surface area contributed by atoms with Gasteiger partial charge in [0.15, 0.2) is 0 Å². The summed E-state index contributed by atoms with van der Waals surface area (Å²) in [6.07, 6.45) is 6.51. The second kappa shape index (κ2) is 5.88.